The van der Waals surface area contributed by atoms with Crippen LogP contribution in [0.25, 0.3) is 33.6 Å². The van der Waals surface area contributed by atoms with Crippen LogP contribution < -0.4 is 20.1 Å². The molecule has 2 aromatic heterocycles. The number of ether oxygens (including phenoxy) is 2. The van der Waals surface area contributed by atoms with Crippen LogP contribution in [0.3, 0.4) is 0 Å². The first kappa shape index (κ1) is 33.9. The van der Waals surface area contributed by atoms with Gasteiger partial charge in [-0.1, -0.05) is 60.6 Å². The Morgan fingerprint density at radius 3 is 2.35 bits per heavy atom. The van der Waals surface area contributed by atoms with Crippen LogP contribution in [0.4, 0.5) is 0 Å². The summed E-state index contributed by atoms with van der Waals surface area (Å²) in [4.78, 5) is 16.9. The third-order valence-electron chi connectivity index (χ3n) is 9.56. The SMILES string of the molecule is C=C1CC[C@@H](CNCc2ncc(-c3cccc(-c4cccc(-c5ccc(CN6CCC(CO)CC6)c(OC)n5)c4C)c3Cl)nc2OC)N1. The molecule has 252 valence electrons. The van der Waals surface area contributed by atoms with Gasteiger partial charge in [-0.15, -0.1) is 0 Å². The maximum absolute atomic E-state index is 9.50. The third-order valence-corrected chi connectivity index (χ3v) is 9.96. The van der Waals surface area contributed by atoms with Crippen molar-refractivity contribution in [2.75, 3.05) is 40.5 Å². The lowest BCUT2D eigenvalue weighted by Crippen LogP contribution is -2.34. The molecule has 3 N–H and O–H groups in total. The number of piperidine rings is 1. The van der Waals surface area contributed by atoms with Gasteiger partial charge in [-0.2, -0.15) is 0 Å². The van der Waals surface area contributed by atoms with Gasteiger partial charge in [0, 0.05) is 60.2 Å². The number of nitrogens with zero attached hydrogens (tertiary/aromatic N) is 4. The van der Waals surface area contributed by atoms with E-state index in [2.05, 4.69) is 53.3 Å². The Bertz CT molecular complexity index is 1760. The molecule has 0 unspecified atom stereocenters. The summed E-state index contributed by atoms with van der Waals surface area (Å²) in [6.45, 7) is 10.4. The van der Waals surface area contributed by atoms with E-state index in [1.165, 1.54) is 0 Å². The minimum atomic E-state index is 0.269. The lowest BCUT2D eigenvalue weighted by Gasteiger charge is -2.31. The molecule has 48 heavy (non-hydrogen) atoms. The van der Waals surface area contributed by atoms with E-state index in [1.54, 1.807) is 20.4 Å². The summed E-state index contributed by atoms with van der Waals surface area (Å²) >= 11 is 7.14. The molecule has 10 heteroatoms. The molecule has 0 radical (unpaired) electrons. The van der Waals surface area contributed by atoms with Gasteiger partial charge in [0.25, 0.3) is 0 Å². The highest BCUT2D eigenvalue weighted by atomic mass is 35.5. The first-order chi connectivity index (χ1) is 23.4. The van der Waals surface area contributed by atoms with E-state index in [0.29, 0.717) is 41.0 Å². The van der Waals surface area contributed by atoms with Crippen molar-refractivity contribution in [1.82, 2.24) is 30.5 Å². The van der Waals surface area contributed by atoms with Gasteiger partial charge in [-0.25, -0.2) is 9.97 Å². The number of aliphatic hydroxyl groups is 1. The van der Waals surface area contributed by atoms with Crippen molar-refractivity contribution in [1.29, 1.82) is 0 Å². The van der Waals surface area contributed by atoms with Crippen molar-refractivity contribution in [3.05, 3.63) is 88.8 Å². The van der Waals surface area contributed by atoms with Gasteiger partial charge in [0.1, 0.15) is 5.69 Å². The highest BCUT2D eigenvalue weighted by Gasteiger charge is 2.22. The number of hydrogen-bond donors (Lipinski definition) is 3. The highest BCUT2D eigenvalue weighted by molar-refractivity contribution is 6.36. The zero-order valence-electron chi connectivity index (χ0n) is 28.1. The molecule has 0 amide bonds. The van der Waals surface area contributed by atoms with Crippen LogP contribution in [0.5, 0.6) is 11.8 Å². The summed E-state index contributed by atoms with van der Waals surface area (Å²) < 4.78 is 11.4. The van der Waals surface area contributed by atoms with Crippen molar-refractivity contribution in [2.24, 2.45) is 5.92 Å². The zero-order valence-corrected chi connectivity index (χ0v) is 28.8. The number of aromatic nitrogens is 3. The Hall–Kier alpha value is -4.02. The number of halogens is 1. The molecule has 2 fully saturated rings. The number of nitrogens with one attached hydrogen (secondary N) is 2. The molecule has 0 saturated carbocycles. The molecule has 2 aliphatic rings. The first-order valence-corrected chi connectivity index (χ1v) is 17.1. The smallest absolute Gasteiger partial charge is 0.237 e. The molecule has 0 aliphatic carbocycles. The summed E-state index contributed by atoms with van der Waals surface area (Å²) in [7, 11) is 3.29. The molecule has 4 heterocycles. The van der Waals surface area contributed by atoms with Crippen molar-refractivity contribution in [3.8, 4) is 45.4 Å². The molecule has 2 aromatic carbocycles. The van der Waals surface area contributed by atoms with E-state index in [9.17, 15) is 5.11 Å². The minimum Gasteiger partial charge on any atom is -0.481 e. The van der Waals surface area contributed by atoms with Gasteiger partial charge in [-0.05, 0) is 68.8 Å². The largest absolute Gasteiger partial charge is 0.481 e. The maximum Gasteiger partial charge on any atom is 0.237 e. The summed E-state index contributed by atoms with van der Waals surface area (Å²) in [6, 6.07) is 16.8. The molecule has 4 aromatic rings. The van der Waals surface area contributed by atoms with Gasteiger partial charge < -0.3 is 25.2 Å². The Balaban J connectivity index is 1.22. The van der Waals surface area contributed by atoms with Crippen LogP contribution in [0.1, 0.15) is 42.5 Å². The van der Waals surface area contributed by atoms with Crippen molar-refractivity contribution in [3.63, 3.8) is 0 Å². The molecular formula is C38H45ClN6O3. The molecule has 1 atom stereocenters. The average Bonchev–Trinajstić information content (AvgIpc) is 3.54. The van der Waals surface area contributed by atoms with E-state index in [-0.39, 0.29) is 6.61 Å². The number of benzene rings is 2. The predicted octanol–water partition coefficient (Wildman–Crippen LogP) is 6.41. The minimum absolute atomic E-state index is 0.269. The molecule has 0 spiro atoms. The van der Waals surface area contributed by atoms with E-state index in [0.717, 1.165) is 102 Å². The summed E-state index contributed by atoms with van der Waals surface area (Å²) in [6.07, 6.45) is 5.88. The topological polar surface area (TPSA) is 105 Å². The summed E-state index contributed by atoms with van der Waals surface area (Å²) in [5.41, 5.74) is 9.16. The van der Waals surface area contributed by atoms with E-state index >= 15 is 0 Å². The fraction of sp³-hybridized carbons (Fsp3) is 0.395. The number of rotatable bonds is 12. The van der Waals surface area contributed by atoms with E-state index in [1.807, 2.05) is 24.3 Å². The monoisotopic (exact) mass is 668 g/mol. The number of pyridine rings is 1. The van der Waals surface area contributed by atoms with Gasteiger partial charge in [0.2, 0.25) is 11.8 Å². The average molecular weight is 669 g/mol. The Morgan fingerprint density at radius 2 is 1.65 bits per heavy atom. The van der Waals surface area contributed by atoms with Crippen LogP contribution >= 0.6 is 11.6 Å². The second kappa shape index (κ2) is 15.5. The second-order valence-electron chi connectivity index (χ2n) is 12.7. The summed E-state index contributed by atoms with van der Waals surface area (Å²) in [5, 5.41) is 17.0. The molecule has 2 aliphatic heterocycles. The predicted molar refractivity (Wildman–Crippen MR) is 191 cm³/mol. The number of hydrogen-bond acceptors (Lipinski definition) is 9. The Labute approximate surface area is 288 Å². The summed E-state index contributed by atoms with van der Waals surface area (Å²) in [5.74, 6) is 1.51. The second-order valence-corrected chi connectivity index (χ2v) is 13.1. The van der Waals surface area contributed by atoms with Crippen LogP contribution in [0, 0.1) is 12.8 Å². The number of allylic oxidation sites excluding steroid dienone is 1. The number of likely N-dealkylation sites (tertiary alicyclic amines) is 1. The fourth-order valence-electron chi connectivity index (χ4n) is 6.74. The normalized spacial score (nSPS) is 17.0. The molecule has 9 nitrogen and oxygen atoms in total. The maximum atomic E-state index is 9.50. The standard InChI is InChI=1S/C38H45ClN6O3/c1-24-11-13-28(42-24)19-40-20-35-38(48-4)44-34(21-41-35)32-10-6-9-31(36(32)39)29-7-5-8-30(25(29)2)33-14-12-27(37(43-33)47-3)22-45-17-15-26(23-46)16-18-45/h5-10,12,14,21,26,28,40,42,46H,1,11,13,15-20,22-23H2,2-4H3/t28-/m0/s1. The van der Waals surface area contributed by atoms with Gasteiger partial charge in [0.05, 0.1) is 36.8 Å². The Morgan fingerprint density at radius 1 is 0.938 bits per heavy atom. The molecule has 0 bridgehead atoms. The van der Waals surface area contributed by atoms with Crippen LogP contribution in [0.2, 0.25) is 5.02 Å². The van der Waals surface area contributed by atoms with Gasteiger partial charge in [0.15, 0.2) is 0 Å². The van der Waals surface area contributed by atoms with Crippen LogP contribution in [0.15, 0.2) is 67.0 Å². The zero-order chi connectivity index (χ0) is 33.6. The number of aliphatic hydroxyl groups excluding tert-OH is 1. The van der Waals surface area contributed by atoms with E-state index in [4.69, 9.17) is 36.0 Å². The Kier molecular flexibility index (Phi) is 10.9. The quantitative estimate of drug-likeness (QED) is 0.158. The number of methoxy groups -OCH3 is 2. The third kappa shape index (κ3) is 7.50. The lowest BCUT2D eigenvalue weighted by atomic mass is 9.93. The van der Waals surface area contributed by atoms with E-state index < -0.39 is 0 Å². The van der Waals surface area contributed by atoms with Gasteiger partial charge in [-0.3, -0.25) is 9.88 Å². The van der Waals surface area contributed by atoms with Crippen molar-refractivity contribution >= 4 is 11.6 Å². The lowest BCUT2D eigenvalue weighted by molar-refractivity contribution is 0.126. The fourth-order valence-corrected chi connectivity index (χ4v) is 7.06. The van der Waals surface area contributed by atoms with Crippen LogP contribution in [-0.2, 0) is 13.1 Å². The molecule has 6 rings (SSSR count). The van der Waals surface area contributed by atoms with Gasteiger partial charge >= 0.3 is 0 Å². The first-order valence-electron chi connectivity index (χ1n) is 16.7. The van der Waals surface area contributed by atoms with Crippen molar-refractivity contribution < 1.29 is 14.6 Å². The molecule has 2 saturated heterocycles. The highest BCUT2D eigenvalue weighted by Crippen LogP contribution is 2.40. The van der Waals surface area contributed by atoms with Crippen LogP contribution in [-0.4, -0.2) is 71.5 Å². The molecular weight excluding hydrogens is 624 g/mol. The van der Waals surface area contributed by atoms with Crippen molar-refractivity contribution in [2.45, 2.75) is 51.7 Å².